The van der Waals surface area contributed by atoms with E-state index in [2.05, 4.69) is 11.8 Å². The molecule has 2 N–H and O–H groups in total. The van der Waals surface area contributed by atoms with Crippen LogP contribution in [0.15, 0.2) is 24.3 Å². The summed E-state index contributed by atoms with van der Waals surface area (Å²) in [5.74, 6) is 1.81. The highest BCUT2D eigenvalue weighted by Crippen LogP contribution is 2.29. The first-order valence-corrected chi connectivity index (χ1v) is 8.35. The number of nitrogens with zero attached hydrogens (tertiary/aromatic N) is 1. The normalized spacial score (nSPS) is 14.4. The molecule has 1 aliphatic carbocycles. The summed E-state index contributed by atoms with van der Waals surface area (Å²) in [6, 6.07) is 7.71. The average Bonchev–Trinajstić information content (AvgIpc) is 3.28. The van der Waals surface area contributed by atoms with Crippen molar-refractivity contribution in [3.8, 4) is 5.75 Å². The molecule has 0 amide bonds. The number of thiocarbonyl (C=S) groups is 1. The minimum absolute atomic E-state index is 0.416. The SMILES string of the molecule is CCCN(CCCOc1cccc(C(N)=S)c1)CC1CC1. The van der Waals surface area contributed by atoms with E-state index in [1.165, 1.54) is 32.4 Å². The molecule has 4 heteroatoms. The van der Waals surface area contributed by atoms with E-state index < -0.39 is 0 Å². The summed E-state index contributed by atoms with van der Waals surface area (Å²) in [5.41, 5.74) is 6.50. The molecule has 0 aromatic heterocycles. The van der Waals surface area contributed by atoms with Gasteiger partial charge in [-0.05, 0) is 50.3 Å². The topological polar surface area (TPSA) is 38.5 Å². The van der Waals surface area contributed by atoms with Crippen LogP contribution in [0.4, 0.5) is 0 Å². The van der Waals surface area contributed by atoms with Gasteiger partial charge in [0.25, 0.3) is 0 Å². The maximum atomic E-state index is 5.80. The van der Waals surface area contributed by atoms with Crippen molar-refractivity contribution in [2.24, 2.45) is 11.7 Å². The van der Waals surface area contributed by atoms with E-state index >= 15 is 0 Å². The summed E-state index contributed by atoms with van der Waals surface area (Å²) in [5, 5.41) is 0. The lowest BCUT2D eigenvalue weighted by molar-refractivity contribution is 0.227. The van der Waals surface area contributed by atoms with E-state index in [1.54, 1.807) is 0 Å². The number of nitrogens with two attached hydrogens (primary N) is 1. The first kappa shape index (κ1) is 16.2. The first-order chi connectivity index (χ1) is 10.2. The third-order valence-electron chi connectivity index (χ3n) is 3.76. The second-order valence-corrected chi connectivity index (χ2v) is 6.28. The summed E-state index contributed by atoms with van der Waals surface area (Å²) >= 11 is 4.98. The van der Waals surface area contributed by atoms with Crippen LogP contribution in [0.5, 0.6) is 5.75 Å². The van der Waals surface area contributed by atoms with Crippen molar-refractivity contribution in [3.05, 3.63) is 29.8 Å². The van der Waals surface area contributed by atoms with Gasteiger partial charge in [-0.15, -0.1) is 0 Å². The third kappa shape index (κ3) is 6.02. The molecule has 1 aliphatic rings. The zero-order chi connectivity index (χ0) is 15.1. The number of benzene rings is 1. The lowest BCUT2D eigenvalue weighted by atomic mass is 10.2. The Bertz CT molecular complexity index is 460. The van der Waals surface area contributed by atoms with E-state index in [0.29, 0.717) is 4.99 Å². The number of ether oxygens (including phenoxy) is 1. The molecule has 1 fully saturated rings. The monoisotopic (exact) mass is 306 g/mol. The minimum Gasteiger partial charge on any atom is -0.494 e. The molecule has 116 valence electrons. The highest BCUT2D eigenvalue weighted by molar-refractivity contribution is 7.80. The molecule has 0 heterocycles. The fourth-order valence-corrected chi connectivity index (χ4v) is 2.62. The summed E-state index contributed by atoms with van der Waals surface area (Å²) in [4.78, 5) is 2.99. The van der Waals surface area contributed by atoms with Crippen molar-refractivity contribution in [1.82, 2.24) is 4.90 Å². The van der Waals surface area contributed by atoms with Gasteiger partial charge in [0.1, 0.15) is 10.7 Å². The van der Waals surface area contributed by atoms with Crippen LogP contribution in [0.2, 0.25) is 0 Å². The molecule has 2 rings (SSSR count). The quantitative estimate of drug-likeness (QED) is 0.532. The molecule has 21 heavy (non-hydrogen) atoms. The van der Waals surface area contributed by atoms with Crippen molar-refractivity contribution in [3.63, 3.8) is 0 Å². The molecular weight excluding hydrogens is 280 g/mol. The summed E-state index contributed by atoms with van der Waals surface area (Å²) in [6.45, 7) is 6.58. The Morgan fingerprint density at radius 2 is 2.19 bits per heavy atom. The lowest BCUT2D eigenvalue weighted by Gasteiger charge is -2.21. The summed E-state index contributed by atoms with van der Waals surface area (Å²) < 4.78 is 5.80. The van der Waals surface area contributed by atoms with E-state index in [-0.39, 0.29) is 0 Å². The van der Waals surface area contributed by atoms with E-state index in [0.717, 1.165) is 36.8 Å². The smallest absolute Gasteiger partial charge is 0.119 e. The summed E-state index contributed by atoms with van der Waals surface area (Å²) in [6.07, 6.45) is 5.12. The van der Waals surface area contributed by atoms with E-state index in [9.17, 15) is 0 Å². The largest absolute Gasteiger partial charge is 0.494 e. The highest BCUT2D eigenvalue weighted by atomic mass is 32.1. The van der Waals surface area contributed by atoms with Crippen LogP contribution < -0.4 is 10.5 Å². The fourth-order valence-electron chi connectivity index (χ4n) is 2.49. The second-order valence-electron chi connectivity index (χ2n) is 5.84. The Balaban J connectivity index is 1.70. The molecule has 0 bridgehead atoms. The van der Waals surface area contributed by atoms with Crippen LogP contribution >= 0.6 is 12.2 Å². The molecule has 1 aromatic rings. The van der Waals surface area contributed by atoms with Gasteiger partial charge in [-0.25, -0.2) is 0 Å². The Hall–Kier alpha value is -1.13. The maximum Gasteiger partial charge on any atom is 0.119 e. The molecular formula is C17H26N2OS. The van der Waals surface area contributed by atoms with Gasteiger partial charge in [-0.2, -0.15) is 0 Å². The standard InChI is InChI=1S/C17H26N2OS/c1-2-9-19(13-14-7-8-14)10-4-11-20-16-6-3-5-15(12-16)17(18)21/h3,5-6,12,14H,2,4,7-11,13H2,1H3,(H2,18,21). The third-order valence-corrected chi connectivity index (χ3v) is 3.99. The Labute approximate surface area is 133 Å². The highest BCUT2D eigenvalue weighted by Gasteiger charge is 2.23. The number of hydrogen-bond donors (Lipinski definition) is 1. The Morgan fingerprint density at radius 1 is 1.38 bits per heavy atom. The molecule has 0 spiro atoms. The summed E-state index contributed by atoms with van der Waals surface area (Å²) in [7, 11) is 0. The van der Waals surface area contributed by atoms with Gasteiger partial charge in [0.05, 0.1) is 6.61 Å². The van der Waals surface area contributed by atoms with Gasteiger partial charge in [0, 0.05) is 18.7 Å². The number of rotatable bonds is 10. The van der Waals surface area contributed by atoms with Crippen molar-refractivity contribution in [2.75, 3.05) is 26.2 Å². The molecule has 0 aliphatic heterocycles. The van der Waals surface area contributed by atoms with Crippen LogP contribution in [0.25, 0.3) is 0 Å². The zero-order valence-electron chi connectivity index (χ0n) is 12.9. The van der Waals surface area contributed by atoms with E-state index in [4.69, 9.17) is 22.7 Å². The van der Waals surface area contributed by atoms with E-state index in [1.807, 2.05) is 24.3 Å². The molecule has 3 nitrogen and oxygen atoms in total. The van der Waals surface area contributed by atoms with Crippen molar-refractivity contribution in [2.45, 2.75) is 32.6 Å². The zero-order valence-corrected chi connectivity index (χ0v) is 13.7. The Kier molecular flexibility index (Phi) is 6.46. The van der Waals surface area contributed by atoms with Gasteiger partial charge in [-0.1, -0.05) is 31.3 Å². The predicted octanol–water partition coefficient (Wildman–Crippen LogP) is 3.21. The van der Waals surface area contributed by atoms with Crippen molar-refractivity contribution >= 4 is 17.2 Å². The minimum atomic E-state index is 0.416. The molecule has 0 atom stereocenters. The van der Waals surface area contributed by atoms with Crippen LogP contribution in [0.1, 0.15) is 38.2 Å². The molecule has 0 unspecified atom stereocenters. The van der Waals surface area contributed by atoms with Crippen molar-refractivity contribution in [1.29, 1.82) is 0 Å². The second kappa shape index (κ2) is 8.35. The van der Waals surface area contributed by atoms with Crippen LogP contribution in [0, 0.1) is 5.92 Å². The van der Waals surface area contributed by atoms with Crippen LogP contribution in [0.3, 0.4) is 0 Å². The van der Waals surface area contributed by atoms with Crippen LogP contribution in [-0.4, -0.2) is 36.1 Å². The maximum absolute atomic E-state index is 5.80. The molecule has 1 saturated carbocycles. The predicted molar refractivity (Wildman–Crippen MR) is 91.9 cm³/mol. The Morgan fingerprint density at radius 3 is 2.86 bits per heavy atom. The van der Waals surface area contributed by atoms with Crippen molar-refractivity contribution < 1.29 is 4.74 Å². The van der Waals surface area contributed by atoms with Crippen LogP contribution in [-0.2, 0) is 0 Å². The number of hydrogen-bond acceptors (Lipinski definition) is 3. The molecule has 0 radical (unpaired) electrons. The lowest BCUT2D eigenvalue weighted by Crippen LogP contribution is -2.29. The molecule has 0 saturated heterocycles. The average molecular weight is 306 g/mol. The van der Waals surface area contributed by atoms with Gasteiger partial charge in [0.2, 0.25) is 0 Å². The van der Waals surface area contributed by atoms with Gasteiger partial charge in [0.15, 0.2) is 0 Å². The molecule has 1 aromatic carbocycles. The van der Waals surface area contributed by atoms with Gasteiger partial charge >= 0.3 is 0 Å². The van der Waals surface area contributed by atoms with Gasteiger partial charge in [-0.3, -0.25) is 0 Å². The first-order valence-electron chi connectivity index (χ1n) is 7.94. The fraction of sp³-hybridized carbons (Fsp3) is 0.588. The van der Waals surface area contributed by atoms with Gasteiger partial charge < -0.3 is 15.4 Å².